The first-order valence-corrected chi connectivity index (χ1v) is 21.9. The number of esters is 1. The molecule has 2 N–H and O–H groups in total. The van der Waals surface area contributed by atoms with E-state index in [4.69, 9.17) is 16.3 Å². The first-order chi connectivity index (χ1) is 26.1. The van der Waals surface area contributed by atoms with E-state index in [9.17, 15) is 24.6 Å². The van der Waals surface area contributed by atoms with Gasteiger partial charge >= 0.3 is 11.9 Å². The second kappa shape index (κ2) is 15.7. The summed E-state index contributed by atoms with van der Waals surface area (Å²) in [6, 6.07) is 8.00. The van der Waals surface area contributed by atoms with Gasteiger partial charge in [0, 0.05) is 48.5 Å². The van der Waals surface area contributed by atoms with Gasteiger partial charge in [0.2, 0.25) is 0 Å². The van der Waals surface area contributed by atoms with Crippen LogP contribution < -0.4 is 0 Å². The van der Waals surface area contributed by atoms with Crippen molar-refractivity contribution >= 4 is 29.3 Å². The maximum atomic E-state index is 14.2. The third-order valence-electron chi connectivity index (χ3n) is 16.3. The van der Waals surface area contributed by atoms with Crippen molar-refractivity contribution in [1.82, 2.24) is 9.80 Å². The Labute approximate surface area is 342 Å². The number of hydrogen-bond donors (Lipinski definition) is 2. The van der Waals surface area contributed by atoms with Gasteiger partial charge in [0.25, 0.3) is 0 Å². The number of ether oxygens (including phenoxy) is 1. The molecular weight excluding hydrogens is 724 g/mol. The number of halogens is 1. The van der Waals surface area contributed by atoms with Crippen LogP contribution in [0.1, 0.15) is 125 Å². The molecule has 5 aliphatic carbocycles. The molecule has 8 nitrogen and oxygen atoms in total. The molecule has 0 bridgehead atoms. The molecule has 4 fully saturated rings. The summed E-state index contributed by atoms with van der Waals surface area (Å²) < 4.78 is 6.17. The summed E-state index contributed by atoms with van der Waals surface area (Å²) in [7, 11) is 4.17. The number of carbonyl (C=O) groups is 3. The van der Waals surface area contributed by atoms with Crippen LogP contribution in [0, 0.1) is 56.7 Å². The molecule has 6 rings (SSSR count). The minimum absolute atomic E-state index is 0.0317. The van der Waals surface area contributed by atoms with Gasteiger partial charge in [0.05, 0.1) is 17.9 Å². The number of ketones is 1. The van der Waals surface area contributed by atoms with Crippen molar-refractivity contribution in [2.24, 2.45) is 56.7 Å². The monoisotopic (exact) mass is 795 g/mol. The Morgan fingerprint density at radius 2 is 1.57 bits per heavy atom. The zero-order chi connectivity index (χ0) is 41.2. The molecule has 0 radical (unpaired) electrons. The summed E-state index contributed by atoms with van der Waals surface area (Å²) in [5.41, 5.74) is 1.66. The Morgan fingerprint density at radius 3 is 2.20 bits per heavy atom. The summed E-state index contributed by atoms with van der Waals surface area (Å²) in [6.07, 6.45) is 7.32. The number of allylic oxidation sites excluding steroid dienone is 1. The fourth-order valence-corrected chi connectivity index (χ4v) is 13.4. The summed E-state index contributed by atoms with van der Waals surface area (Å²) in [4.78, 5) is 43.7. The number of aliphatic hydroxyl groups excluding tert-OH is 1. The average Bonchev–Trinajstić information content (AvgIpc) is 3.42. The van der Waals surface area contributed by atoms with Crippen LogP contribution in [0.15, 0.2) is 35.4 Å². The van der Waals surface area contributed by atoms with Crippen LogP contribution in [0.25, 0.3) is 0 Å². The smallest absolute Gasteiger partial charge is 0.309 e. The van der Waals surface area contributed by atoms with E-state index in [-0.39, 0.29) is 46.4 Å². The zero-order valence-corrected chi connectivity index (χ0v) is 36.8. The molecule has 1 aromatic rings. The summed E-state index contributed by atoms with van der Waals surface area (Å²) >= 11 is 6.23. The summed E-state index contributed by atoms with van der Waals surface area (Å²) in [6.45, 7) is 20.0. The van der Waals surface area contributed by atoms with E-state index < -0.39 is 28.9 Å². The van der Waals surface area contributed by atoms with Gasteiger partial charge in [-0.05, 0) is 143 Å². The molecule has 9 atom stereocenters. The minimum Gasteiger partial charge on any atom is -0.481 e. The van der Waals surface area contributed by atoms with Crippen molar-refractivity contribution in [1.29, 1.82) is 0 Å². The predicted molar refractivity (Wildman–Crippen MR) is 222 cm³/mol. The molecule has 5 aliphatic rings. The number of hydrogen-bond acceptors (Lipinski definition) is 7. The molecule has 0 spiro atoms. The van der Waals surface area contributed by atoms with E-state index in [1.165, 1.54) is 5.57 Å². The third kappa shape index (κ3) is 7.68. The molecule has 0 aromatic heterocycles. The first kappa shape index (κ1) is 43.3. The fourth-order valence-electron chi connectivity index (χ4n) is 13.2. The van der Waals surface area contributed by atoms with Crippen molar-refractivity contribution in [2.45, 2.75) is 138 Å². The molecule has 4 saturated carbocycles. The van der Waals surface area contributed by atoms with Crippen molar-refractivity contribution in [3.63, 3.8) is 0 Å². The second-order valence-electron chi connectivity index (χ2n) is 21.1. The van der Waals surface area contributed by atoms with Crippen molar-refractivity contribution in [2.75, 3.05) is 33.7 Å². The lowest BCUT2D eigenvalue weighted by atomic mass is 9.37. The number of fused-ring (bicyclic) bond motifs is 7. The predicted octanol–water partition coefficient (Wildman–Crippen LogP) is 9.07. The van der Waals surface area contributed by atoms with E-state index in [1.54, 1.807) is 13.8 Å². The standard InChI is InChI=1S/C47H71ClN2O6/c1-29(2)40-35(51)25-47(37(52)28-50(24-23-49(9)10)27-30-11-13-31(48)14-12-30)22-21-45(7)32-17-18-36-44(5,6)38(56-39(53)26-43(3,4)42(54)55)19-20-46(36,8)33(32)15-16-34(45)41(40)47/h11-14,29,32-34,36-38,52H,15-28H2,1-10H3,(H,54,55)/t32-,33+,34-,36+,37+,38+,45+,46-,47+/m1/s1. The third-order valence-corrected chi connectivity index (χ3v) is 16.6. The van der Waals surface area contributed by atoms with Gasteiger partial charge in [0.1, 0.15) is 6.10 Å². The number of carboxylic acid groups (broad SMARTS) is 1. The molecule has 9 heteroatoms. The molecule has 0 amide bonds. The molecular formula is C47H71ClN2O6. The number of Topliss-reactive ketones (excluding diaryl/α,β-unsaturated/α-hetero) is 1. The van der Waals surface area contributed by atoms with Gasteiger partial charge < -0.3 is 19.8 Å². The highest BCUT2D eigenvalue weighted by atomic mass is 35.5. The molecule has 0 saturated heterocycles. The van der Waals surface area contributed by atoms with Crippen LogP contribution in [0.3, 0.4) is 0 Å². The number of rotatable bonds is 13. The largest absolute Gasteiger partial charge is 0.481 e. The van der Waals surface area contributed by atoms with E-state index >= 15 is 0 Å². The highest BCUT2D eigenvalue weighted by molar-refractivity contribution is 6.30. The van der Waals surface area contributed by atoms with Crippen LogP contribution in [0.5, 0.6) is 0 Å². The Balaban J connectivity index is 1.26. The van der Waals surface area contributed by atoms with Crippen LogP contribution in [0.4, 0.5) is 0 Å². The SMILES string of the molecule is CC(C)C1=C2[C@H]3CC[C@H]4[C@@H](CC[C@H]5C(C)(C)[C@@H](OC(=O)CC(C)(C)C(=O)O)CC[C@]45C)[C@]3(C)CC[C@@]2([C@@H](O)CN(CCN(C)C)Cc2ccc(Cl)cc2)CC1=O. The topological polar surface area (TPSA) is 107 Å². The van der Waals surface area contributed by atoms with Gasteiger partial charge in [-0.3, -0.25) is 19.3 Å². The molecule has 56 heavy (non-hydrogen) atoms. The lowest BCUT2D eigenvalue weighted by Gasteiger charge is -2.68. The molecule has 1 aromatic carbocycles. The van der Waals surface area contributed by atoms with Crippen LogP contribution in [0.2, 0.25) is 5.02 Å². The number of likely N-dealkylation sites (N-methyl/N-ethyl adjacent to an activating group) is 1. The Hall–Kier alpha value is -2.26. The first-order valence-electron chi connectivity index (χ1n) is 21.6. The van der Waals surface area contributed by atoms with Crippen molar-refractivity contribution in [3.05, 3.63) is 46.0 Å². The van der Waals surface area contributed by atoms with Gasteiger partial charge in [-0.15, -0.1) is 0 Å². The number of aliphatic hydroxyl groups is 1. The number of benzene rings is 1. The lowest BCUT2D eigenvalue weighted by molar-refractivity contribution is -0.205. The van der Waals surface area contributed by atoms with Gasteiger partial charge in [-0.1, -0.05) is 70.8 Å². The van der Waals surface area contributed by atoms with Crippen molar-refractivity contribution < 1.29 is 29.3 Å². The summed E-state index contributed by atoms with van der Waals surface area (Å²) in [5.74, 6) is 0.646. The summed E-state index contributed by atoms with van der Waals surface area (Å²) in [5, 5.41) is 23.0. The van der Waals surface area contributed by atoms with Crippen LogP contribution in [-0.2, 0) is 25.7 Å². The normalized spacial score (nSPS) is 34.6. The Morgan fingerprint density at radius 1 is 0.929 bits per heavy atom. The van der Waals surface area contributed by atoms with Crippen molar-refractivity contribution in [3.8, 4) is 0 Å². The van der Waals surface area contributed by atoms with E-state index in [0.29, 0.717) is 42.3 Å². The van der Waals surface area contributed by atoms with Crippen LogP contribution in [-0.4, -0.2) is 83.7 Å². The number of carboxylic acids is 1. The maximum absolute atomic E-state index is 14.2. The lowest BCUT2D eigenvalue weighted by Crippen LogP contribution is -2.62. The number of aliphatic carboxylic acids is 1. The van der Waals surface area contributed by atoms with Crippen LogP contribution >= 0.6 is 11.6 Å². The maximum Gasteiger partial charge on any atom is 0.309 e. The zero-order valence-electron chi connectivity index (χ0n) is 36.1. The molecule has 312 valence electrons. The molecule has 0 aliphatic heterocycles. The molecule has 0 unspecified atom stereocenters. The van der Waals surface area contributed by atoms with Gasteiger partial charge in [0.15, 0.2) is 5.78 Å². The quantitative estimate of drug-likeness (QED) is 0.191. The van der Waals surface area contributed by atoms with Gasteiger partial charge in [-0.25, -0.2) is 0 Å². The second-order valence-corrected chi connectivity index (χ2v) is 21.5. The highest BCUT2D eigenvalue weighted by Crippen LogP contribution is 2.73. The van der Waals surface area contributed by atoms with E-state index in [2.05, 4.69) is 77.6 Å². The average molecular weight is 796 g/mol. The minimum atomic E-state index is -1.16. The molecule has 0 heterocycles. The Kier molecular flexibility index (Phi) is 12.2. The van der Waals surface area contributed by atoms with E-state index in [1.807, 2.05) is 12.1 Å². The fraction of sp³-hybridized carbons (Fsp3) is 0.766. The number of nitrogens with zero attached hydrogens (tertiary/aromatic N) is 2. The highest BCUT2D eigenvalue weighted by Gasteiger charge is 2.67. The van der Waals surface area contributed by atoms with E-state index in [0.717, 1.165) is 75.6 Å². The number of carbonyl (C=O) groups excluding carboxylic acids is 2. The van der Waals surface area contributed by atoms with Gasteiger partial charge in [-0.2, -0.15) is 0 Å². The Bertz CT molecular complexity index is 1680.